The minimum atomic E-state index is -4.59. The van der Waals surface area contributed by atoms with E-state index in [1.165, 1.54) is 31.0 Å². The third-order valence-corrected chi connectivity index (χ3v) is 4.66. The van der Waals surface area contributed by atoms with Crippen molar-refractivity contribution in [3.8, 4) is 11.1 Å². The van der Waals surface area contributed by atoms with Crippen molar-refractivity contribution in [2.75, 3.05) is 20.3 Å². The van der Waals surface area contributed by atoms with Crippen LogP contribution in [0.3, 0.4) is 0 Å². The molecule has 2 heterocycles. The number of alkyl halides is 3. The molecule has 2 aromatic rings. The normalized spacial score (nSPS) is 20.1. The summed E-state index contributed by atoms with van der Waals surface area (Å²) in [4.78, 5) is 12.6. The maximum Gasteiger partial charge on any atom is 0.435 e. The fourth-order valence-electron chi connectivity index (χ4n) is 3.12. The first kappa shape index (κ1) is 19.4. The molecule has 1 aromatic heterocycles. The Morgan fingerprint density at radius 2 is 2.11 bits per heavy atom. The molecule has 1 aliphatic heterocycles. The first-order valence-corrected chi connectivity index (χ1v) is 8.35. The second kappa shape index (κ2) is 7.32. The number of hydrogen-bond acceptors (Lipinski definition) is 4. The zero-order valence-corrected chi connectivity index (χ0v) is 15.1. The van der Waals surface area contributed by atoms with Gasteiger partial charge < -0.3 is 14.8 Å². The molecule has 0 unspecified atom stereocenters. The highest BCUT2D eigenvalue weighted by atomic mass is 19.4. The number of carbonyl (C=O) groups excluding carboxylic acids is 1. The molecule has 146 valence electrons. The van der Waals surface area contributed by atoms with Gasteiger partial charge in [0.1, 0.15) is 6.10 Å². The number of rotatable bonds is 4. The number of hydrogen-bond donors (Lipinski definition) is 1. The summed E-state index contributed by atoms with van der Waals surface area (Å²) in [6.07, 6.45) is -4.85. The number of amides is 1. The van der Waals surface area contributed by atoms with Crippen LogP contribution in [0.4, 0.5) is 13.2 Å². The average Bonchev–Trinajstić information content (AvgIpc) is 3.19. The molecule has 0 aliphatic carbocycles. The van der Waals surface area contributed by atoms with Crippen molar-refractivity contribution in [1.29, 1.82) is 0 Å². The van der Waals surface area contributed by atoms with Crippen LogP contribution >= 0.6 is 0 Å². The minimum Gasteiger partial charge on any atom is -0.377 e. The molecule has 1 saturated heterocycles. The highest BCUT2D eigenvalue weighted by molar-refractivity contribution is 5.96. The molecule has 1 aliphatic rings. The summed E-state index contributed by atoms with van der Waals surface area (Å²) < 4.78 is 51.8. The van der Waals surface area contributed by atoms with Crippen LogP contribution in [-0.2, 0) is 22.7 Å². The van der Waals surface area contributed by atoms with Gasteiger partial charge in [-0.05, 0) is 24.6 Å². The van der Waals surface area contributed by atoms with Gasteiger partial charge in [0.25, 0.3) is 5.91 Å². The Hall–Kier alpha value is -2.39. The summed E-state index contributed by atoms with van der Waals surface area (Å²) in [5.41, 5.74) is -0.0944. The SMILES string of the molecule is CO[C@@H]1COC[C@@H]1NC(=O)c1cccc(-c2c(C(F)(F)F)nn(C)c2C)c1. The number of halogens is 3. The molecule has 0 saturated carbocycles. The van der Waals surface area contributed by atoms with Gasteiger partial charge in [-0.25, -0.2) is 0 Å². The average molecular weight is 383 g/mol. The second-order valence-corrected chi connectivity index (χ2v) is 6.40. The summed E-state index contributed by atoms with van der Waals surface area (Å²) in [6, 6.07) is 5.77. The predicted octanol–water partition coefficient (Wildman–Crippen LogP) is 2.56. The smallest absolute Gasteiger partial charge is 0.377 e. The maximum absolute atomic E-state index is 13.4. The van der Waals surface area contributed by atoms with Crippen molar-refractivity contribution in [1.82, 2.24) is 15.1 Å². The first-order chi connectivity index (χ1) is 12.7. The van der Waals surface area contributed by atoms with Crippen LogP contribution in [0.25, 0.3) is 11.1 Å². The zero-order chi connectivity index (χ0) is 19.8. The van der Waals surface area contributed by atoms with Crippen molar-refractivity contribution in [3.05, 3.63) is 41.2 Å². The van der Waals surface area contributed by atoms with Crippen molar-refractivity contribution in [2.45, 2.75) is 25.2 Å². The molecule has 27 heavy (non-hydrogen) atoms. The zero-order valence-electron chi connectivity index (χ0n) is 15.1. The monoisotopic (exact) mass is 383 g/mol. The fourth-order valence-corrected chi connectivity index (χ4v) is 3.12. The number of carbonyl (C=O) groups is 1. The van der Waals surface area contributed by atoms with Gasteiger partial charge >= 0.3 is 6.18 Å². The first-order valence-electron chi connectivity index (χ1n) is 8.35. The van der Waals surface area contributed by atoms with Crippen LogP contribution in [0.5, 0.6) is 0 Å². The van der Waals surface area contributed by atoms with E-state index in [1.807, 2.05) is 0 Å². The van der Waals surface area contributed by atoms with Crippen molar-refractivity contribution in [3.63, 3.8) is 0 Å². The Kier molecular flexibility index (Phi) is 5.25. The Bertz CT molecular complexity index is 848. The van der Waals surface area contributed by atoms with Gasteiger partial charge in [0.2, 0.25) is 0 Å². The third-order valence-electron chi connectivity index (χ3n) is 4.66. The van der Waals surface area contributed by atoms with E-state index in [0.717, 1.165) is 0 Å². The lowest BCUT2D eigenvalue weighted by Crippen LogP contribution is -2.43. The number of nitrogens with one attached hydrogen (secondary N) is 1. The lowest BCUT2D eigenvalue weighted by molar-refractivity contribution is -0.140. The van der Waals surface area contributed by atoms with E-state index in [9.17, 15) is 18.0 Å². The molecule has 1 N–H and O–H groups in total. The van der Waals surface area contributed by atoms with Gasteiger partial charge in [-0.3, -0.25) is 9.48 Å². The van der Waals surface area contributed by atoms with Gasteiger partial charge in [-0.15, -0.1) is 0 Å². The van der Waals surface area contributed by atoms with Crippen LogP contribution in [0.1, 0.15) is 21.7 Å². The van der Waals surface area contributed by atoms with Crippen molar-refractivity contribution < 1.29 is 27.4 Å². The lowest BCUT2D eigenvalue weighted by Gasteiger charge is -2.18. The summed E-state index contributed by atoms with van der Waals surface area (Å²) in [6.45, 7) is 2.26. The van der Waals surface area contributed by atoms with Gasteiger partial charge in [0, 0.05) is 31.0 Å². The molecule has 6 nitrogen and oxygen atoms in total. The predicted molar refractivity (Wildman–Crippen MR) is 91.3 cm³/mol. The third kappa shape index (κ3) is 3.84. The number of benzene rings is 1. The second-order valence-electron chi connectivity index (χ2n) is 6.40. The molecule has 0 radical (unpaired) electrons. The van der Waals surface area contributed by atoms with Crippen molar-refractivity contribution >= 4 is 5.91 Å². The quantitative estimate of drug-likeness (QED) is 0.881. The molecule has 1 aromatic carbocycles. The number of aryl methyl sites for hydroxylation is 1. The Morgan fingerprint density at radius 3 is 2.78 bits per heavy atom. The van der Waals surface area contributed by atoms with E-state index in [4.69, 9.17) is 9.47 Å². The summed E-state index contributed by atoms with van der Waals surface area (Å²) in [7, 11) is 2.98. The molecule has 9 heteroatoms. The van der Waals surface area contributed by atoms with Gasteiger partial charge in [-0.1, -0.05) is 12.1 Å². The van der Waals surface area contributed by atoms with Crippen LogP contribution < -0.4 is 5.32 Å². The van der Waals surface area contributed by atoms with E-state index in [-0.39, 0.29) is 28.8 Å². The summed E-state index contributed by atoms with van der Waals surface area (Å²) >= 11 is 0. The molecule has 1 fully saturated rings. The highest BCUT2D eigenvalue weighted by Gasteiger charge is 2.38. The number of ether oxygens (including phenoxy) is 2. The van der Waals surface area contributed by atoms with E-state index in [0.29, 0.717) is 18.9 Å². The Labute approximate surface area is 154 Å². The molecular formula is C18H20F3N3O3. The van der Waals surface area contributed by atoms with Crippen LogP contribution in [0.15, 0.2) is 24.3 Å². The topological polar surface area (TPSA) is 65.4 Å². The van der Waals surface area contributed by atoms with Crippen LogP contribution in [-0.4, -0.2) is 48.2 Å². The Morgan fingerprint density at radius 1 is 1.37 bits per heavy atom. The molecule has 3 rings (SSSR count). The highest BCUT2D eigenvalue weighted by Crippen LogP contribution is 2.38. The van der Waals surface area contributed by atoms with Gasteiger partial charge in [0.05, 0.1) is 19.3 Å². The molecule has 0 bridgehead atoms. The molecule has 1 amide bonds. The number of aromatic nitrogens is 2. The van der Waals surface area contributed by atoms with Crippen LogP contribution in [0.2, 0.25) is 0 Å². The largest absolute Gasteiger partial charge is 0.435 e. The minimum absolute atomic E-state index is 0.0291. The molecular weight excluding hydrogens is 363 g/mol. The van der Waals surface area contributed by atoms with Crippen molar-refractivity contribution in [2.24, 2.45) is 7.05 Å². The summed E-state index contributed by atoms with van der Waals surface area (Å²) in [5, 5.41) is 6.40. The molecule has 2 atom stereocenters. The van der Waals surface area contributed by atoms with Crippen LogP contribution in [0, 0.1) is 6.92 Å². The van der Waals surface area contributed by atoms with E-state index >= 15 is 0 Å². The standard InChI is InChI=1S/C18H20F3N3O3/c1-10-15(16(18(19,20)21)23-24(10)2)11-5-4-6-12(7-11)17(25)22-13-8-27-9-14(13)26-3/h4-7,13-14H,8-9H2,1-3H3,(H,22,25)/t13-,14+/m0/s1. The van der Waals surface area contributed by atoms with Gasteiger partial charge in [0.15, 0.2) is 5.69 Å². The Balaban J connectivity index is 1.92. The van der Waals surface area contributed by atoms with E-state index in [2.05, 4.69) is 10.4 Å². The van der Waals surface area contributed by atoms with E-state index < -0.39 is 17.8 Å². The lowest BCUT2D eigenvalue weighted by atomic mass is 10.00. The maximum atomic E-state index is 13.4. The van der Waals surface area contributed by atoms with E-state index in [1.54, 1.807) is 19.1 Å². The number of methoxy groups -OCH3 is 1. The van der Waals surface area contributed by atoms with Gasteiger partial charge in [-0.2, -0.15) is 18.3 Å². The summed E-state index contributed by atoms with van der Waals surface area (Å²) in [5.74, 6) is -0.399. The fraction of sp³-hybridized carbons (Fsp3) is 0.444. The number of nitrogens with zero attached hydrogens (tertiary/aromatic N) is 2. The molecule has 0 spiro atoms.